The van der Waals surface area contributed by atoms with E-state index in [1.165, 1.54) is 18.4 Å². The summed E-state index contributed by atoms with van der Waals surface area (Å²) in [6.45, 7) is 3.98. The molecule has 3 rings (SSSR count). The smallest absolute Gasteiger partial charge is 0.122 e. The quantitative estimate of drug-likeness (QED) is 0.826. The van der Waals surface area contributed by atoms with Crippen LogP contribution in [0, 0.1) is 5.41 Å². The Kier molecular flexibility index (Phi) is 6.34. The van der Waals surface area contributed by atoms with Gasteiger partial charge < -0.3 is 19.5 Å². The third kappa shape index (κ3) is 5.15. The summed E-state index contributed by atoms with van der Waals surface area (Å²) in [5.74, 6) is 1.70. The van der Waals surface area contributed by atoms with Gasteiger partial charge in [0, 0.05) is 19.2 Å². The molecule has 2 aliphatic rings. The summed E-state index contributed by atoms with van der Waals surface area (Å²) < 4.78 is 10.8. The van der Waals surface area contributed by atoms with Crippen molar-refractivity contribution in [3.05, 3.63) is 23.8 Å². The van der Waals surface area contributed by atoms with Gasteiger partial charge in [-0.2, -0.15) is 0 Å². The SMILES string of the molecule is COc1cc(CN2CCC3(CC2)CCC(O)(CN(C)C)CC3)cc(OC)c1. The molecule has 1 saturated carbocycles. The number of likely N-dealkylation sites (N-methyl/N-ethyl adjacent to an activating group) is 1. The molecule has 1 saturated heterocycles. The van der Waals surface area contributed by atoms with Crippen molar-refractivity contribution >= 4 is 0 Å². The largest absolute Gasteiger partial charge is 0.497 e. The highest BCUT2D eigenvalue weighted by Gasteiger charge is 2.43. The van der Waals surface area contributed by atoms with Gasteiger partial charge in [-0.1, -0.05) is 0 Å². The van der Waals surface area contributed by atoms with Gasteiger partial charge in [-0.15, -0.1) is 0 Å². The Labute approximate surface area is 164 Å². The zero-order valence-corrected chi connectivity index (χ0v) is 17.5. The van der Waals surface area contributed by atoms with Gasteiger partial charge in [-0.05, 0) is 88.8 Å². The zero-order valence-electron chi connectivity index (χ0n) is 17.5. The Morgan fingerprint density at radius 2 is 1.48 bits per heavy atom. The fourth-order valence-electron chi connectivity index (χ4n) is 4.89. The van der Waals surface area contributed by atoms with E-state index in [0.29, 0.717) is 5.41 Å². The molecule has 1 aromatic rings. The van der Waals surface area contributed by atoms with E-state index in [2.05, 4.69) is 36.0 Å². The minimum atomic E-state index is -0.483. The van der Waals surface area contributed by atoms with Crippen LogP contribution in [0.1, 0.15) is 44.1 Å². The standard InChI is InChI=1S/C22H36N2O3/c1-23(2)17-22(25)7-5-21(6-8-22)9-11-24(12-10-21)16-18-13-19(26-3)15-20(14-18)27-4/h13-15,25H,5-12,16-17H2,1-4H3. The summed E-state index contributed by atoms with van der Waals surface area (Å²) in [4.78, 5) is 4.66. The van der Waals surface area contributed by atoms with Gasteiger partial charge >= 0.3 is 0 Å². The van der Waals surface area contributed by atoms with Gasteiger partial charge in [0.1, 0.15) is 11.5 Å². The molecule has 0 aromatic heterocycles. The van der Waals surface area contributed by atoms with Crippen LogP contribution < -0.4 is 9.47 Å². The van der Waals surface area contributed by atoms with E-state index in [-0.39, 0.29) is 0 Å². The molecular formula is C22H36N2O3. The second-order valence-corrected chi connectivity index (χ2v) is 8.96. The van der Waals surface area contributed by atoms with Crippen molar-refractivity contribution in [2.75, 3.05) is 47.9 Å². The summed E-state index contributed by atoms with van der Waals surface area (Å²) in [6, 6.07) is 6.13. The van der Waals surface area contributed by atoms with Crippen molar-refractivity contribution in [1.82, 2.24) is 9.80 Å². The molecule has 1 N–H and O–H groups in total. The van der Waals surface area contributed by atoms with Crippen LogP contribution in [0.15, 0.2) is 18.2 Å². The number of ether oxygens (including phenoxy) is 2. The number of hydrogen-bond acceptors (Lipinski definition) is 5. The molecule has 1 aliphatic carbocycles. The van der Waals surface area contributed by atoms with Crippen molar-refractivity contribution in [1.29, 1.82) is 0 Å². The maximum atomic E-state index is 10.8. The highest BCUT2D eigenvalue weighted by atomic mass is 16.5. The van der Waals surface area contributed by atoms with Crippen LogP contribution >= 0.6 is 0 Å². The molecule has 152 valence electrons. The first-order valence-corrected chi connectivity index (χ1v) is 10.2. The molecule has 1 aromatic carbocycles. The molecule has 1 aliphatic heterocycles. The van der Waals surface area contributed by atoms with Crippen molar-refractivity contribution < 1.29 is 14.6 Å². The first kappa shape index (κ1) is 20.4. The Hall–Kier alpha value is -1.30. The Morgan fingerprint density at radius 1 is 0.926 bits per heavy atom. The highest BCUT2D eigenvalue weighted by Crippen LogP contribution is 2.47. The number of methoxy groups -OCH3 is 2. The van der Waals surface area contributed by atoms with Gasteiger partial charge in [0.05, 0.1) is 19.8 Å². The number of rotatable bonds is 6. The normalized spacial score (nSPS) is 22.1. The lowest BCUT2D eigenvalue weighted by atomic mass is 9.64. The van der Waals surface area contributed by atoms with Crippen LogP contribution in [-0.2, 0) is 6.54 Å². The minimum absolute atomic E-state index is 0.446. The highest BCUT2D eigenvalue weighted by molar-refractivity contribution is 5.38. The minimum Gasteiger partial charge on any atom is -0.497 e. The van der Waals surface area contributed by atoms with Gasteiger partial charge in [-0.25, -0.2) is 0 Å². The van der Waals surface area contributed by atoms with Crippen molar-refractivity contribution in [3.63, 3.8) is 0 Å². The first-order valence-electron chi connectivity index (χ1n) is 10.2. The predicted molar refractivity (Wildman–Crippen MR) is 108 cm³/mol. The van der Waals surface area contributed by atoms with Crippen molar-refractivity contribution in [3.8, 4) is 11.5 Å². The lowest BCUT2D eigenvalue weighted by Gasteiger charge is -2.49. The summed E-state index contributed by atoms with van der Waals surface area (Å²) >= 11 is 0. The summed E-state index contributed by atoms with van der Waals surface area (Å²) in [5.41, 5.74) is 1.20. The van der Waals surface area contributed by atoms with Crippen LogP contribution in [0.25, 0.3) is 0 Å². The van der Waals surface area contributed by atoms with Gasteiger partial charge in [0.15, 0.2) is 0 Å². The van der Waals surface area contributed by atoms with Crippen molar-refractivity contribution in [2.45, 2.75) is 50.7 Å². The third-order valence-corrected chi connectivity index (χ3v) is 6.59. The summed E-state index contributed by atoms with van der Waals surface area (Å²) in [5, 5.41) is 10.8. The van der Waals surface area contributed by atoms with E-state index in [0.717, 1.165) is 63.4 Å². The first-order chi connectivity index (χ1) is 12.9. The van der Waals surface area contributed by atoms with Crippen LogP contribution in [0.3, 0.4) is 0 Å². The molecule has 5 nitrogen and oxygen atoms in total. The van der Waals surface area contributed by atoms with Gasteiger partial charge in [-0.3, -0.25) is 4.90 Å². The summed E-state index contributed by atoms with van der Waals surface area (Å²) in [7, 11) is 7.50. The second-order valence-electron chi connectivity index (χ2n) is 8.96. The Morgan fingerprint density at radius 3 is 1.96 bits per heavy atom. The maximum Gasteiger partial charge on any atom is 0.122 e. The lowest BCUT2D eigenvalue weighted by molar-refractivity contribution is -0.0638. The fraction of sp³-hybridized carbons (Fsp3) is 0.727. The molecule has 2 fully saturated rings. The van der Waals surface area contributed by atoms with Gasteiger partial charge in [0.25, 0.3) is 0 Å². The summed E-state index contributed by atoms with van der Waals surface area (Å²) in [6.07, 6.45) is 6.70. The predicted octanol–water partition coefficient (Wildman–Crippen LogP) is 3.15. The molecule has 0 amide bonds. The molecule has 0 bridgehead atoms. The third-order valence-electron chi connectivity index (χ3n) is 6.59. The molecule has 1 spiro atoms. The fourth-order valence-corrected chi connectivity index (χ4v) is 4.89. The van der Waals surface area contributed by atoms with Gasteiger partial charge in [0.2, 0.25) is 0 Å². The average Bonchev–Trinajstić information content (AvgIpc) is 2.65. The Bertz CT molecular complexity index is 592. The van der Waals surface area contributed by atoms with E-state index in [1.807, 2.05) is 6.07 Å². The monoisotopic (exact) mass is 376 g/mol. The number of piperidine rings is 1. The second kappa shape index (κ2) is 8.38. The van der Waals surface area contributed by atoms with Crippen molar-refractivity contribution in [2.24, 2.45) is 5.41 Å². The maximum absolute atomic E-state index is 10.8. The van der Waals surface area contributed by atoms with Crippen LogP contribution in [0.5, 0.6) is 11.5 Å². The molecule has 0 atom stereocenters. The number of benzene rings is 1. The molecule has 5 heteroatoms. The van der Waals surface area contributed by atoms with E-state index in [1.54, 1.807) is 14.2 Å². The van der Waals surface area contributed by atoms with Crippen LogP contribution in [-0.4, -0.2) is 68.5 Å². The van der Waals surface area contributed by atoms with E-state index in [4.69, 9.17) is 9.47 Å². The molecule has 0 radical (unpaired) electrons. The number of aliphatic hydroxyl groups is 1. The molecular weight excluding hydrogens is 340 g/mol. The molecule has 27 heavy (non-hydrogen) atoms. The molecule has 0 unspecified atom stereocenters. The average molecular weight is 377 g/mol. The van der Waals surface area contributed by atoms with Crippen LogP contribution in [0.2, 0.25) is 0 Å². The van der Waals surface area contributed by atoms with E-state index >= 15 is 0 Å². The number of hydrogen-bond donors (Lipinski definition) is 1. The molecule has 1 heterocycles. The lowest BCUT2D eigenvalue weighted by Crippen LogP contribution is -2.48. The zero-order chi connectivity index (χ0) is 19.5. The number of likely N-dealkylation sites (tertiary alicyclic amines) is 1. The Balaban J connectivity index is 1.54. The van der Waals surface area contributed by atoms with E-state index in [9.17, 15) is 5.11 Å². The topological polar surface area (TPSA) is 45.2 Å². The number of nitrogens with zero attached hydrogens (tertiary/aromatic N) is 2. The van der Waals surface area contributed by atoms with E-state index < -0.39 is 5.60 Å². The van der Waals surface area contributed by atoms with Crippen LogP contribution in [0.4, 0.5) is 0 Å².